The molecule has 3 aromatic rings. The normalized spacial score (nSPS) is 17.5. The highest BCUT2D eigenvalue weighted by molar-refractivity contribution is 7.22. The third-order valence-electron chi connectivity index (χ3n) is 5.80. The Morgan fingerprint density at radius 3 is 2.48 bits per heavy atom. The van der Waals surface area contributed by atoms with Gasteiger partial charge in [-0.25, -0.2) is 4.98 Å². The smallest absolute Gasteiger partial charge is 0.229 e. The van der Waals surface area contributed by atoms with Crippen molar-refractivity contribution >= 4 is 38.3 Å². The number of fused-ring (bicyclic) bond motifs is 1. The van der Waals surface area contributed by atoms with Crippen LogP contribution in [0.5, 0.6) is 5.75 Å². The third kappa shape index (κ3) is 3.40. The first-order valence-corrected chi connectivity index (χ1v) is 10.8. The van der Waals surface area contributed by atoms with Gasteiger partial charge in [0.25, 0.3) is 0 Å². The summed E-state index contributed by atoms with van der Waals surface area (Å²) in [6, 6.07) is 16.4. The Morgan fingerprint density at radius 1 is 1.00 bits per heavy atom. The number of carbonyl (C=O) groups is 1. The molecule has 1 aromatic heterocycles. The van der Waals surface area contributed by atoms with E-state index in [0.717, 1.165) is 60.4 Å². The van der Waals surface area contributed by atoms with Gasteiger partial charge in [0.2, 0.25) is 5.91 Å². The first kappa shape index (κ1) is 18.2. The standard InChI is InChI=1S/C22H24N4O2S/c1-28-18-8-5-9-19-20(18)23-22(29-19)26-14-16(15-26)21(27)25-12-10-24(11-13-25)17-6-3-2-4-7-17/h2-9,16H,10-15H2,1H3. The van der Waals surface area contributed by atoms with Gasteiger partial charge in [-0.1, -0.05) is 35.6 Å². The molecule has 2 saturated heterocycles. The molecule has 7 heteroatoms. The lowest BCUT2D eigenvalue weighted by Gasteiger charge is -2.43. The van der Waals surface area contributed by atoms with E-state index in [0.29, 0.717) is 0 Å². The van der Waals surface area contributed by atoms with E-state index in [4.69, 9.17) is 9.72 Å². The van der Waals surface area contributed by atoms with Crippen LogP contribution in [0.4, 0.5) is 10.8 Å². The van der Waals surface area contributed by atoms with Crippen molar-refractivity contribution in [1.82, 2.24) is 9.88 Å². The van der Waals surface area contributed by atoms with Gasteiger partial charge in [-0.05, 0) is 24.3 Å². The number of para-hydroxylation sites is 2. The maximum Gasteiger partial charge on any atom is 0.229 e. The molecule has 2 aliphatic heterocycles. The number of amides is 1. The fourth-order valence-electron chi connectivity index (χ4n) is 4.08. The Morgan fingerprint density at radius 2 is 1.76 bits per heavy atom. The molecule has 6 nitrogen and oxygen atoms in total. The van der Waals surface area contributed by atoms with Crippen LogP contribution < -0.4 is 14.5 Å². The van der Waals surface area contributed by atoms with Gasteiger partial charge in [-0.15, -0.1) is 0 Å². The van der Waals surface area contributed by atoms with Crippen LogP contribution in [0.25, 0.3) is 10.2 Å². The number of thiazole rings is 1. The average molecular weight is 409 g/mol. The molecule has 0 spiro atoms. The van der Waals surface area contributed by atoms with Crippen LogP contribution in [-0.4, -0.2) is 62.2 Å². The van der Waals surface area contributed by atoms with Crippen LogP contribution in [0.1, 0.15) is 0 Å². The highest BCUT2D eigenvalue weighted by Crippen LogP contribution is 2.36. The first-order chi connectivity index (χ1) is 14.2. The van der Waals surface area contributed by atoms with Crippen molar-refractivity contribution in [2.75, 3.05) is 56.2 Å². The number of ether oxygens (including phenoxy) is 1. The van der Waals surface area contributed by atoms with Gasteiger partial charge < -0.3 is 19.4 Å². The molecule has 0 aliphatic carbocycles. The molecular formula is C22H24N4O2S. The van der Waals surface area contributed by atoms with Crippen molar-refractivity contribution in [2.45, 2.75) is 0 Å². The fourth-order valence-corrected chi connectivity index (χ4v) is 5.09. The Labute approximate surface area is 174 Å². The van der Waals surface area contributed by atoms with Crippen molar-refractivity contribution < 1.29 is 9.53 Å². The number of aromatic nitrogens is 1. The highest BCUT2D eigenvalue weighted by atomic mass is 32.1. The number of hydrogen-bond acceptors (Lipinski definition) is 6. The molecule has 5 rings (SSSR count). The summed E-state index contributed by atoms with van der Waals surface area (Å²) in [5.74, 6) is 1.16. The van der Waals surface area contributed by atoms with Crippen LogP contribution in [0.15, 0.2) is 48.5 Å². The number of methoxy groups -OCH3 is 1. The maximum absolute atomic E-state index is 12.9. The average Bonchev–Trinajstić information content (AvgIpc) is 3.17. The predicted molar refractivity (Wildman–Crippen MR) is 117 cm³/mol. The fraction of sp³-hybridized carbons (Fsp3) is 0.364. The van der Waals surface area contributed by atoms with Gasteiger partial charge in [0.05, 0.1) is 17.7 Å². The summed E-state index contributed by atoms with van der Waals surface area (Å²) in [6.45, 7) is 4.87. The SMILES string of the molecule is COc1cccc2sc(N3CC(C(=O)N4CCN(c5ccccc5)CC4)C3)nc12. The summed E-state index contributed by atoms with van der Waals surface area (Å²) >= 11 is 1.66. The lowest BCUT2D eigenvalue weighted by atomic mass is 9.99. The molecule has 0 unspecified atom stereocenters. The lowest BCUT2D eigenvalue weighted by molar-refractivity contribution is -0.136. The highest BCUT2D eigenvalue weighted by Gasteiger charge is 2.37. The minimum atomic E-state index is 0.0761. The molecule has 2 aromatic carbocycles. The van der Waals surface area contributed by atoms with Gasteiger partial charge >= 0.3 is 0 Å². The number of hydrogen-bond donors (Lipinski definition) is 0. The molecule has 0 saturated carbocycles. The summed E-state index contributed by atoms with van der Waals surface area (Å²) in [5, 5.41) is 0.974. The second kappa shape index (κ2) is 7.55. The predicted octanol–water partition coefficient (Wildman–Crippen LogP) is 3.09. The Kier molecular flexibility index (Phi) is 4.75. The van der Waals surface area contributed by atoms with E-state index in [1.165, 1.54) is 5.69 Å². The zero-order valence-electron chi connectivity index (χ0n) is 16.5. The summed E-state index contributed by atoms with van der Waals surface area (Å²) in [5.41, 5.74) is 2.14. The van der Waals surface area contributed by atoms with Crippen molar-refractivity contribution in [2.24, 2.45) is 5.92 Å². The van der Waals surface area contributed by atoms with Gasteiger partial charge in [0, 0.05) is 45.0 Å². The summed E-state index contributed by atoms with van der Waals surface area (Å²) in [7, 11) is 1.67. The van der Waals surface area contributed by atoms with E-state index in [-0.39, 0.29) is 11.8 Å². The Balaban J connectivity index is 1.18. The van der Waals surface area contributed by atoms with E-state index in [2.05, 4.69) is 40.1 Å². The van der Waals surface area contributed by atoms with Crippen LogP contribution in [0, 0.1) is 5.92 Å². The minimum absolute atomic E-state index is 0.0761. The summed E-state index contributed by atoms with van der Waals surface area (Å²) < 4.78 is 6.53. The molecule has 0 atom stereocenters. The zero-order valence-corrected chi connectivity index (χ0v) is 17.3. The van der Waals surface area contributed by atoms with Crippen LogP contribution in [-0.2, 0) is 4.79 Å². The van der Waals surface area contributed by atoms with E-state index in [1.54, 1.807) is 18.4 Å². The second-order valence-corrected chi connectivity index (χ2v) is 8.56. The zero-order chi connectivity index (χ0) is 19.8. The van der Waals surface area contributed by atoms with Crippen molar-refractivity contribution in [3.63, 3.8) is 0 Å². The van der Waals surface area contributed by atoms with Gasteiger partial charge in [-0.2, -0.15) is 0 Å². The molecular weight excluding hydrogens is 384 g/mol. The largest absolute Gasteiger partial charge is 0.494 e. The van der Waals surface area contributed by atoms with Crippen LogP contribution >= 0.6 is 11.3 Å². The molecule has 0 radical (unpaired) electrons. The Bertz CT molecular complexity index is 1010. The monoisotopic (exact) mass is 408 g/mol. The third-order valence-corrected chi connectivity index (χ3v) is 6.89. The maximum atomic E-state index is 12.9. The topological polar surface area (TPSA) is 48.9 Å². The van der Waals surface area contributed by atoms with Gasteiger partial charge in [0.1, 0.15) is 11.3 Å². The number of anilines is 2. The van der Waals surface area contributed by atoms with Crippen LogP contribution in [0.3, 0.4) is 0 Å². The van der Waals surface area contributed by atoms with E-state index < -0.39 is 0 Å². The molecule has 3 heterocycles. The quantitative estimate of drug-likeness (QED) is 0.664. The summed E-state index contributed by atoms with van der Waals surface area (Å²) in [6.07, 6.45) is 0. The molecule has 2 aliphatic rings. The molecule has 1 amide bonds. The van der Waals surface area contributed by atoms with Crippen molar-refractivity contribution in [3.05, 3.63) is 48.5 Å². The number of piperazine rings is 1. The number of nitrogens with zero attached hydrogens (tertiary/aromatic N) is 4. The number of benzene rings is 2. The van der Waals surface area contributed by atoms with E-state index in [9.17, 15) is 4.79 Å². The van der Waals surface area contributed by atoms with E-state index in [1.807, 2.05) is 23.1 Å². The number of rotatable bonds is 4. The molecule has 2 fully saturated rings. The van der Waals surface area contributed by atoms with E-state index >= 15 is 0 Å². The van der Waals surface area contributed by atoms with Crippen molar-refractivity contribution in [3.8, 4) is 5.75 Å². The summed E-state index contributed by atoms with van der Waals surface area (Å²) in [4.78, 5) is 24.2. The minimum Gasteiger partial charge on any atom is -0.494 e. The number of carbonyl (C=O) groups excluding carboxylic acids is 1. The molecule has 0 bridgehead atoms. The Hall–Kier alpha value is -2.80. The first-order valence-electron chi connectivity index (χ1n) is 10.0. The molecule has 0 N–H and O–H groups in total. The van der Waals surface area contributed by atoms with Crippen LogP contribution in [0.2, 0.25) is 0 Å². The second-order valence-electron chi connectivity index (χ2n) is 7.55. The molecule has 150 valence electrons. The molecule has 29 heavy (non-hydrogen) atoms. The van der Waals surface area contributed by atoms with Gasteiger partial charge in [-0.3, -0.25) is 4.79 Å². The lowest BCUT2D eigenvalue weighted by Crippen LogP contribution is -2.58. The van der Waals surface area contributed by atoms with Gasteiger partial charge in [0.15, 0.2) is 5.13 Å². The van der Waals surface area contributed by atoms with Crippen molar-refractivity contribution in [1.29, 1.82) is 0 Å².